The maximum Gasteiger partial charge on any atom is 0.235 e. The van der Waals surface area contributed by atoms with Crippen molar-refractivity contribution in [1.82, 2.24) is 4.98 Å². The first kappa shape index (κ1) is 21.6. The molecular formula is C22H24N6OS. The predicted molar refractivity (Wildman–Crippen MR) is 117 cm³/mol. The van der Waals surface area contributed by atoms with Gasteiger partial charge in [-0.1, -0.05) is 49.0 Å². The largest absolute Gasteiger partial charge is 0.368 e. The van der Waals surface area contributed by atoms with E-state index < -0.39 is 11.2 Å². The Labute approximate surface area is 180 Å². The smallest absolute Gasteiger partial charge is 0.235 e. The maximum absolute atomic E-state index is 12.2. The molecule has 0 aliphatic carbocycles. The first-order chi connectivity index (χ1) is 14.5. The normalized spacial score (nSPS) is 17.1. The number of primary amides is 1. The number of nitriles is 2. The summed E-state index contributed by atoms with van der Waals surface area (Å²) >= 11 is 1.15. The average Bonchev–Trinajstić information content (AvgIpc) is 2.76. The first-order valence-electron chi connectivity index (χ1n) is 9.88. The van der Waals surface area contributed by atoms with Gasteiger partial charge in [0.1, 0.15) is 28.2 Å². The van der Waals surface area contributed by atoms with Gasteiger partial charge < -0.3 is 16.4 Å². The Balaban J connectivity index is 2.13. The van der Waals surface area contributed by atoms with Crippen molar-refractivity contribution in [3.63, 3.8) is 0 Å². The third kappa shape index (κ3) is 4.40. The van der Waals surface area contributed by atoms with Crippen molar-refractivity contribution in [2.45, 2.75) is 42.5 Å². The summed E-state index contributed by atoms with van der Waals surface area (Å²) < 4.78 is 0. The van der Waals surface area contributed by atoms with E-state index in [4.69, 9.17) is 16.5 Å². The lowest BCUT2D eigenvalue weighted by molar-refractivity contribution is -0.117. The number of amides is 1. The van der Waals surface area contributed by atoms with Gasteiger partial charge >= 0.3 is 0 Å². The second-order valence-electron chi connectivity index (χ2n) is 7.21. The lowest BCUT2D eigenvalue weighted by Crippen LogP contribution is -2.43. The van der Waals surface area contributed by atoms with Gasteiger partial charge in [0, 0.05) is 19.1 Å². The number of carbonyl (C=O) groups is 1. The van der Waals surface area contributed by atoms with E-state index in [0.717, 1.165) is 36.7 Å². The Morgan fingerprint density at radius 2 is 2.00 bits per heavy atom. The Morgan fingerprint density at radius 3 is 2.57 bits per heavy atom. The number of thioether (sulfide) groups is 1. The first-order valence-corrected chi connectivity index (χ1v) is 10.8. The third-order valence-corrected chi connectivity index (χ3v) is 6.43. The lowest BCUT2D eigenvalue weighted by atomic mass is 10.00. The van der Waals surface area contributed by atoms with Crippen LogP contribution >= 0.6 is 11.8 Å². The molecule has 2 heterocycles. The van der Waals surface area contributed by atoms with E-state index in [9.17, 15) is 15.3 Å². The van der Waals surface area contributed by atoms with Crippen LogP contribution in [0.15, 0.2) is 35.4 Å². The summed E-state index contributed by atoms with van der Waals surface area (Å²) in [7, 11) is 0. The van der Waals surface area contributed by atoms with Gasteiger partial charge in [-0.25, -0.2) is 4.98 Å². The summed E-state index contributed by atoms with van der Waals surface area (Å²) in [5.41, 5.74) is 13.9. The minimum absolute atomic E-state index is 0.00611. The standard InChI is InChI=1S/C22H24N6OS/c1-2-16-17(11-23)21(28-10-6-9-15(25)13-28)27-22(18(16)12-24)30-19(20(26)29)14-7-4-3-5-8-14/h3-5,7-8,15,19H,2,6,9-10,13,25H2,1H3,(H2,26,29). The van der Waals surface area contributed by atoms with E-state index in [2.05, 4.69) is 12.1 Å². The van der Waals surface area contributed by atoms with Crippen LogP contribution < -0.4 is 16.4 Å². The zero-order valence-electron chi connectivity index (χ0n) is 16.8. The van der Waals surface area contributed by atoms with Crippen LogP contribution in [0.25, 0.3) is 0 Å². The fourth-order valence-electron chi connectivity index (χ4n) is 3.73. The highest BCUT2D eigenvalue weighted by molar-refractivity contribution is 8.00. The number of pyridine rings is 1. The molecule has 30 heavy (non-hydrogen) atoms. The SMILES string of the molecule is CCc1c(C#N)c(SC(C(N)=O)c2ccccc2)nc(N2CCCC(N)C2)c1C#N. The Bertz CT molecular complexity index is 1010. The van der Waals surface area contributed by atoms with Gasteiger partial charge in [0.25, 0.3) is 0 Å². The zero-order chi connectivity index (χ0) is 21.7. The topological polar surface area (TPSA) is 133 Å². The molecule has 0 spiro atoms. The van der Waals surface area contributed by atoms with Crippen molar-refractivity contribution in [2.75, 3.05) is 18.0 Å². The van der Waals surface area contributed by atoms with Crippen LogP contribution in [0, 0.1) is 22.7 Å². The molecule has 2 unspecified atom stereocenters. The number of nitrogens with two attached hydrogens (primary N) is 2. The molecule has 1 fully saturated rings. The molecule has 7 nitrogen and oxygen atoms in total. The summed E-state index contributed by atoms with van der Waals surface area (Å²) in [6, 6.07) is 13.6. The van der Waals surface area contributed by atoms with Crippen LogP contribution in [0.4, 0.5) is 5.82 Å². The highest BCUT2D eigenvalue weighted by Crippen LogP contribution is 2.39. The summed E-state index contributed by atoms with van der Waals surface area (Å²) in [4.78, 5) is 18.9. The van der Waals surface area contributed by atoms with E-state index in [1.165, 1.54) is 0 Å². The van der Waals surface area contributed by atoms with E-state index in [-0.39, 0.29) is 6.04 Å². The summed E-state index contributed by atoms with van der Waals surface area (Å²) in [5, 5.41) is 19.4. The van der Waals surface area contributed by atoms with Crippen LogP contribution in [-0.2, 0) is 11.2 Å². The molecule has 0 radical (unpaired) electrons. The molecule has 1 aliphatic heterocycles. The van der Waals surface area contributed by atoms with Crippen molar-refractivity contribution in [3.05, 3.63) is 52.6 Å². The summed E-state index contributed by atoms with van der Waals surface area (Å²) in [6.07, 6.45) is 2.33. The maximum atomic E-state index is 12.2. The van der Waals surface area contributed by atoms with Gasteiger partial charge in [0.15, 0.2) is 0 Å². The number of hydrogen-bond donors (Lipinski definition) is 2. The van der Waals surface area contributed by atoms with Gasteiger partial charge in [-0.3, -0.25) is 4.79 Å². The van der Waals surface area contributed by atoms with Crippen LogP contribution in [0.5, 0.6) is 0 Å². The van der Waals surface area contributed by atoms with Crippen molar-refractivity contribution < 1.29 is 4.79 Å². The van der Waals surface area contributed by atoms with E-state index in [1.807, 2.05) is 42.2 Å². The minimum Gasteiger partial charge on any atom is -0.368 e. The van der Waals surface area contributed by atoms with Gasteiger partial charge in [0.2, 0.25) is 5.91 Å². The fraction of sp³-hybridized carbons (Fsp3) is 0.364. The number of anilines is 1. The number of aromatic nitrogens is 1. The van der Waals surface area contributed by atoms with Crippen LogP contribution in [-0.4, -0.2) is 30.0 Å². The van der Waals surface area contributed by atoms with Crippen LogP contribution in [0.2, 0.25) is 0 Å². The quantitative estimate of drug-likeness (QED) is 0.686. The highest BCUT2D eigenvalue weighted by Gasteiger charge is 2.28. The highest BCUT2D eigenvalue weighted by atomic mass is 32.2. The number of benzene rings is 1. The Hall–Kier alpha value is -3.07. The molecule has 1 saturated heterocycles. The number of nitrogens with zero attached hydrogens (tertiary/aromatic N) is 4. The molecule has 8 heteroatoms. The monoisotopic (exact) mass is 420 g/mol. The third-order valence-electron chi connectivity index (χ3n) is 5.17. The molecule has 3 rings (SSSR count). The average molecular weight is 421 g/mol. The molecule has 1 amide bonds. The van der Waals surface area contributed by atoms with Gasteiger partial charge in [0.05, 0.1) is 11.1 Å². The zero-order valence-corrected chi connectivity index (χ0v) is 17.7. The number of rotatable bonds is 6. The van der Waals surface area contributed by atoms with Gasteiger partial charge in [-0.2, -0.15) is 10.5 Å². The number of piperidine rings is 1. The molecule has 0 bridgehead atoms. The lowest BCUT2D eigenvalue weighted by Gasteiger charge is -2.33. The molecule has 1 aromatic heterocycles. The van der Waals surface area contributed by atoms with Crippen molar-refractivity contribution >= 4 is 23.5 Å². The van der Waals surface area contributed by atoms with Crippen molar-refractivity contribution in [2.24, 2.45) is 11.5 Å². The van der Waals surface area contributed by atoms with Crippen molar-refractivity contribution in [1.29, 1.82) is 10.5 Å². The van der Waals surface area contributed by atoms with E-state index >= 15 is 0 Å². The Morgan fingerprint density at radius 1 is 1.30 bits per heavy atom. The molecule has 0 saturated carbocycles. The molecule has 1 aliphatic rings. The molecular weight excluding hydrogens is 396 g/mol. The summed E-state index contributed by atoms with van der Waals surface area (Å²) in [5.74, 6) is 0.0168. The minimum atomic E-state index is -0.695. The van der Waals surface area contributed by atoms with E-state index in [0.29, 0.717) is 40.5 Å². The van der Waals surface area contributed by atoms with E-state index in [1.54, 1.807) is 0 Å². The second-order valence-corrected chi connectivity index (χ2v) is 8.30. The molecule has 2 atom stereocenters. The van der Waals surface area contributed by atoms with Crippen LogP contribution in [0.3, 0.4) is 0 Å². The number of carbonyl (C=O) groups excluding carboxylic acids is 1. The summed E-state index contributed by atoms with van der Waals surface area (Å²) in [6.45, 7) is 3.24. The Kier molecular flexibility index (Phi) is 6.94. The van der Waals surface area contributed by atoms with Gasteiger partial charge in [-0.05, 0) is 30.4 Å². The molecule has 4 N–H and O–H groups in total. The van der Waals surface area contributed by atoms with Crippen molar-refractivity contribution in [3.8, 4) is 12.1 Å². The molecule has 154 valence electrons. The predicted octanol–water partition coefficient (Wildman–Crippen LogP) is 2.63. The van der Waals surface area contributed by atoms with Crippen LogP contribution in [0.1, 0.15) is 47.3 Å². The molecule has 2 aromatic rings. The van der Waals surface area contributed by atoms with Gasteiger partial charge in [-0.15, -0.1) is 0 Å². The molecule has 1 aromatic carbocycles. The second kappa shape index (κ2) is 9.62. The fourth-order valence-corrected chi connectivity index (χ4v) is 4.79. The number of hydrogen-bond acceptors (Lipinski definition) is 7.